The number of nitrogens with zero attached hydrogens (tertiary/aromatic N) is 1. The van der Waals surface area contributed by atoms with Gasteiger partial charge < -0.3 is 10.2 Å². The van der Waals surface area contributed by atoms with Gasteiger partial charge >= 0.3 is 6.03 Å². The molecule has 0 radical (unpaired) electrons. The number of nitrogens with one attached hydrogen (secondary N) is 1. The van der Waals surface area contributed by atoms with Crippen LogP contribution >= 0.6 is 11.3 Å². The van der Waals surface area contributed by atoms with Gasteiger partial charge in [0.15, 0.2) is 0 Å². The monoisotopic (exact) mass is 314 g/mol. The number of hydrogen-bond donors (Lipinski definition) is 1. The van der Waals surface area contributed by atoms with Crippen LogP contribution in [0.5, 0.6) is 0 Å². The molecular formula is C18H22N2OS. The van der Waals surface area contributed by atoms with E-state index in [0.717, 1.165) is 32.2 Å². The van der Waals surface area contributed by atoms with Crippen LogP contribution in [0.1, 0.15) is 23.3 Å². The summed E-state index contributed by atoms with van der Waals surface area (Å²) in [6.07, 6.45) is 4.14. The van der Waals surface area contributed by atoms with Gasteiger partial charge in [0.25, 0.3) is 0 Å². The fourth-order valence-electron chi connectivity index (χ4n) is 2.58. The van der Waals surface area contributed by atoms with Crippen molar-refractivity contribution in [3.8, 4) is 0 Å². The molecule has 22 heavy (non-hydrogen) atoms. The Kier molecular flexibility index (Phi) is 5.11. The van der Waals surface area contributed by atoms with Crippen molar-refractivity contribution in [1.29, 1.82) is 0 Å². The fraction of sp³-hybridized carbons (Fsp3) is 0.389. The van der Waals surface area contributed by atoms with Gasteiger partial charge in [0, 0.05) is 24.0 Å². The summed E-state index contributed by atoms with van der Waals surface area (Å²) in [7, 11) is 0. The quantitative estimate of drug-likeness (QED) is 0.830. The second-order valence-electron chi connectivity index (χ2n) is 5.72. The fourth-order valence-corrected chi connectivity index (χ4v) is 3.28. The van der Waals surface area contributed by atoms with Gasteiger partial charge in [-0.15, -0.1) is 11.3 Å². The van der Waals surface area contributed by atoms with Crippen LogP contribution in [-0.4, -0.2) is 30.1 Å². The average Bonchev–Trinajstić information content (AvgIpc) is 3.24. The molecular weight excluding hydrogens is 292 g/mol. The normalized spacial score (nSPS) is 13.8. The topological polar surface area (TPSA) is 32.3 Å². The third-order valence-corrected chi connectivity index (χ3v) is 4.90. The van der Waals surface area contributed by atoms with Crippen LogP contribution < -0.4 is 5.32 Å². The van der Waals surface area contributed by atoms with Crippen molar-refractivity contribution >= 4 is 17.4 Å². The van der Waals surface area contributed by atoms with Gasteiger partial charge in [-0.3, -0.25) is 0 Å². The maximum atomic E-state index is 12.4. The molecule has 1 fully saturated rings. The van der Waals surface area contributed by atoms with Crippen molar-refractivity contribution in [3.05, 3.63) is 58.3 Å². The summed E-state index contributed by atoms with van der Waals surface area (Å²) < 4.78 is 0. The van der Waals surface area contributed by atoms with E-state index in [1.54, 1.807) is 11.3 Å². The average molecular weight is 314 g/mol. The zero-order valence-corrected chi connectivity index (χ0v) is 13.5. The molecule has 0 spiro atoms. The lowest BCUT2D eigenvalue weighted by Crippen LogP contribution is -2.43. The summed E-state index contributed by atoms with van der Waals surface area (Å²) in [4.78, 5) is 15.8. The van der Waals surface area contributed by atoms with Gasteiger partial charge in [-0.1, -0.05) is 36.4 Å². The van der Waals surface area contributed by atoms with E-state index in [1.807, 2.05) is 23.1 Å². The summed E-state index contributed by atoms with van der Waals surface area (Å²) >= 11 is 1.77. The first-order chi connectivity index (χ1) is 10.8. The molecule has 1 saturated carbocycles. The van der Waals surface area contributed by atoms with E-state index in [-0.39, 0.29) is 6.03 Å². The van der Waals surface area contributed by atoms with E-state index >= 15 is 0 Å². The number of amides is 2. The molecule has 1 aromatic heterocycles. The van der Waals surface area contributed by atoms with Gasteiger partial charge in [-0.05, 0) is 42.7 Å². The van der Waals surface area contributed by atoms with E-state index in [0.29, 0.717) is 12.6 Å². The Labute approximate surface area is 136 Å². The lowest BCUT2D eigenvalue weighted by molar-refractivity contribution is 0.196. The molecule has 2 aromatic rings. The SMILES string of the molecule is O=C(NCCc1ccccc1)N(CCc1cccs1)C1CC1. The lowest BCUT2D eigenvalue weighted by atomic mass is 10.1. The second-order valence-corrected chi connectivity index (χ2v) is 6.75. The van der Waals surface area contributed by atoms with Crippen LogP contribution in [0.25, 0.3) is 0 Å². The summed E-state index contributed by atoms with van der Waals surface area (Å²) in [6.45, 7) is 1.52. The Hall–Kier alpha value is -1.81. The minimum absolute atomic E-state index is 0.0926. The Bertz CT molecular complexity index is 578. The number of urea groups is 1. The van der Waals surface area contributed by atoms with Crippen LogP contribution in [0, 0.1) is 0 Å². The van der Waals surface area contributed by atoms with Crippen LogP contribution in [0.15, 0.2) is 47.8 Å². The first-order valence-corrected chi connectivity index (χ1v) is 8.81. The van der Waals surface area contributed by atoms with Crippen LogP contribution in [0.4, 0.5) is 4.79 Å². The molecule has 1 aliphatic rings. The lowest BCUT2D eigenvalue weighted by Gasteiger charge is -2.22. The minimum atomic E-state index is 0.0926. The van der Waals surface area contributed by atoms with Gasteiger partial charge in [0.05, 0.1) is 0 Å². The molecule has 0 unspecified atom stereocenters. The Morgan fingerprint density at radius 2 is 1.95 bits per heavy atom. The van der Waals surface area contributed by atoms with Gasteiger partial charge in [0.1, 0.15) is 0 Å². The van der Waals surface area contributed by atoms with E-state index in [4.69, 9.17) is 0 Å². The van der Waals surface area contributed by atoms with E-state index < -0.39 is 0 Å². The van der Waals surface area contributed by atoms with Crippen LogP contribution in [-0.2, 0) is 12.8 Å². The highest BCUT2D eigenvalue weighted by atomic mass is 32.1. The molecule has 4 heteroatoms. The number of rotatable bonds is 7. The van der Waals surface area contributed by atoms with E-state index in [9.17, 15) is 4.79 Å². The summed E-state index contributed by atoms with van der Waals surface area (Å²) in [5.74, 6) is 0. The van der Waals surface area contributed by atoms with Gasteiger partial charge in [0.2, 0.25) is 0 Å². The predicted octanol–water partition coefficient (Wildman–Crippen LogP) is 3.71. The minimum Gasteiger partial charge on any atom is -0.338 e. The predicted molar refractivity (Wildman–Crippen MR) is 91.3 cm³/mol. The van der Waals surface area contributed by atoms with Gasteiger partial charge in [-0.2, -0.15) is 0 Å². The standard InChI is InChI=1S/C18H22N2OS/c21-18(19-12-10-15-5-2-1-3-6-15)20(16-8-9-16)13-11-17-7-4-14-22-17/h1-7,14,16H,8-13H2,(H,19,21). The summed E-state index contributed by atoms with van der Waals surface area (Å²) in [6, 6.07) is 15.0. The number of benzene rings is 1. The number of thiophene rings is 1. The molecule has 0 aliphatic heterocycles. The highest BCUT2D eigenvalue weighted by Crippen LogP contribution is 2.27. The first kappa shape index (κ1) is 15.1. The second kappa shape index (κ2) is 7.45. The van der Waals surface area contributed by atoms with E-state index in [2.05, 4.69) is 35.0 Å². The molecule has 3 rings (SSSR count). The Morgan fingerprint density at radius 1 is 1.14 bits per heavy atom. The van der Waals surface area contributed by atoms with E-state index in [1.165, 1.54) is 10.4 Å². The third-order valence-electron chi connectivity index (χ3n) is 3.96. The van der Waals surface area contributed by atoms with Crippen molar-refractivity contribution in [2.75, 3.05) is 13.1 Å². The summed E-state index contributed by atoms with van der Waals surface area (Å²) in [5, 5.41) is 5.17. The first-order valence-electron chi connectivity index (χ1n) is 7.94. The molecule has 1 aromatic carbocycles. The van der Waals surface area contributed by atoms with Crippen LogP contribution in [0.2, 0.25) is 0 Å². The maximum Gasteiger partial charge on any atom is 0.317 e. The van der Waals surface area contributed by atoms with Crippen molar-refractivity contribution in [3.63, 3.8) is 0 Å². The molecule has 1 heterocycles. The van der Waals surface area contributed by atoms with Crippen molar-refractivity contribution in [2.45, 2.75) is 31.7 Å². The number of carbonyl (C=O) groups excluding carboxylic acids is 1. The molecule has 0 bridgehead atoms. The smallest absolute Gasteiger partial charge is 0.317 e. The summed E-state index contributed by atoms with van der Waals surface area (Å²) in [5.41, 5.74) is 1.26. The maximum absolute atomic E-state index is 12.4. The van der Waals surface area contributed by atoms with Crippen molar-refractivity contribution in [1.82, 2.24) is 10.2 Å². The highest BCUT2D eigenvalue weighted by Gasteiger charge is 2.32. The number of hydrogen-bond acceptors (Lipinski definition) is 2. The highest BCUT2D eigenvalue weighted by molar-refractivity contribution is 7.09. The van der Waals surface area contributed by atoms with Crippen LogP contribution in [0.3, 0.4) is 0 Å². The molecule has 0 atom stereocenters. The molecule has 2 amide bonds. The molecule has 1 N–H and O–H groups in total. The zero-order valence-electron chi connectivity index (χ0n) is 12.7. The Morgan fingerprint density at radius 3 is 2.64 bits per heavy atom. The van der Waals surface area contributed by atoms with Crippen molar-refractivity contribution < 1.29 is 4.79 Å². The molecule has 0 saturated heterocycles. The number of carbonyl (C=O) groups is 1. The molecule has 116 valence electrons. The zero-order chi connectivity index (χ0) is 15.2. The third kappa shape index (κ3) is 4.34. The Balaban J connectivity index is 1.45. The molecule has 3 nitrogen and oxygen atoms in total. The van der Waals surface area contributed by atoms with Gasteiger partial charge in [-0.25, -0.2) is 4.79 Å². The largest absolute Gasteiger partial charge is 0.338 e. The van der Waals surface area contributed by atoms with Crippen molar-refractivity contribution in [2.24, 2.45) is 0 Å². The molecule has 1 aliphatic carbocycles.